The highest BCUT2D eigenvalue weighted by molar-refractivity contribution is 7.21. The number of aryl methyl sites for hydroxylation is 4. The maximum absolute atomic E-state index is 7.19. The monoisotopic (exact) mass is 520 g/mol. The number of rotatable bonds is 0. The molecule has 0 bridgehead atoms. The van der Waals surface area contributed by atoms with Crippen LogP contribution in [0, 0.1) is 27.7 Å². The van der Waals surface area contributed by atoms with Crippen LogP contribution < -0.4 is 18.6 Å². The fourth-order valence-corrected chi connectivity index (χ4v) is 8.32. The minimum Gasteiger partial charge on any atom is -0.339 e. The van der Waals surface area contributed by atoms with Crippen LogP contribution in [-0.4, -0.2) is 0 Å². The van der Waals surface area contributed by atoms with E-state index in [1.165, 1.54) is 20.5 Å². The second-order valence-corrected chi connectivity index (χ2v) is 12.2. The molecule has 0 saturated heterocycles. The van der Waals surface area contributed by atoms with Gasteiger partial charge in [-0.25, -0.2) is 0 Å². The van der Waals surface area contributed by atoms with Crippen molar-refractivity contribution in [2.75, 3.05) is 0 Å². The molecule has 2 aliphatic rings. The summed E-state index contributed by atoms with van der Waals surface area (Å²) in [6, 6.07) is 24.7. The van der Waals surface area contributed by atoms with Crippen molar-refractivity contribution in [3.63, 3.8) is 0 Å². The van der Waals surface area contributed by atoms with E-state index in [0.717, 1.165) is 54.8 Å². The van der Waals surface area contributed by atoms with Gasteiger partial charge in [-0.3, -0.25) is 0 Å². The van der Waals surface area contributed by atoms with Crippen LogP contribution in [0.3, 0.4) is 0 Å². The Morgan fingerprint density at radius 1 is 0.595 bits per heavy atom. The molecule has 6 aromatic rings. The van der Waals surface area contributed by atoms with Crippen LogP contribution in [0.25, 0.3) is 41.6 Å². The number of thiazole rings is 2. The Hall–Kier alpha value is -3.74. The second-order valence-electron chi connectivity index (χ2n) is 10.1. The lowest BCUT2D eigenvalue weighted by Gasteiger charge is -2.31. The minimum atomic E-state index is -1.25. The van der Waals surface area contributed by atoms with Crippen molar-refractivity contribution < 1.29 is 18.6 Å². The number of benzene rings is 4. The molecule has 0 N–H and O–H groups in total. The molecule has 4 nitrogen and oxygen atoms in total. The summed E-state index contributed by atoms with van der Waals surface area (Å²) in [5.41, 5.74) is 9.06. The molecule has 4 aromatic carbocycles. The van der Waals surface area contributed by atoms with Crippen molar-refractivity contribution in [2.45, 2.75) is 33.7 Å². The lowest BCUT2D eigenvalue weighted by atomic mass is 10.0. The van der Waals surface area contributed by atoms with E-state index in [1.54, 1.807) is 22.7 Å². The average molecular weight is 521 g/mol. The molecule has 0 fully saturated rings. The van der Waals surface area contributed by atoms with Crippen molar-refractivity contribution in [2.24, 2.45) is 0 Å². The Balaban J connectivity index is 1.58. The molecule has 37 heavy (non-hydrogen) atoms. The van der Waals surface area contributed by atoms with E-state index in [9.17, 15) is 0 Å². The van der Waals surface area contributed by atoms with Crippen LogP contribution in [0.2, 0.25) is 0 Å². The van der Waals surface area contributed by atoms with Crippen molar-refractivity contribution in [1.29, 1.82) is 0 Å². The summed E-state index contributed by atoms with van der Waals surface area (Å²) in [6.45, 7) is 8.55. The quantitative estimate of drug-likeness (QED) is 0.199. The number of aromatic nitrogens is 2. The molecule has 4 heterocycles. The summed E-state index contributed by atoms with van der Waals surface area (Å²) in [6.07, 6.45) is 0. The van der Waals surface area contributed by atoms with Gasteiger partial charge in [-0.05, 0) is 83.3 Å². The maximum Gasteiger partial charge on any atom is 0.717 e. The van der Waals surface area contributed by atoms with E-state index < -0.39 is 6.03 Å². The summed E-state index contributed by atoms with van der Waals surface area (Å²) in [5, 5.41) is 2.27. The Morgan fingerprint density at radius 2 is 1.03 bits per heavy atom. The molecule has 0 saturated carbocycles. The molecule has 1 spiro atoms. The highest BCUT2D eigenvalue weighted by atomic mass is 32.1. The first kappa shape index (κ1) is 21.4. The van der Waals surface area contributed by atoms with Crippen LogP contribution in [0.15, 0.2) is 72.8 Å². The van der Waals surface area contributed by atoms with Gasteiger partial charge < -0.3 is 9.47 Å². The highest BCUT2D eigenvalue weighted by Crippen LogP contribution is 2.49. The fourth-order valence-electron chi connectivity index (χ4n) is 5.95. The standard InChI is InChI=1S/C31H24N2O2S2/c1-17-13-19(3)27-21(15-17)29-32(23-9-5-7-11-25(23)36-29)31(34-27)33-24-10-6-8-12-26(24)37-30(33)22-16-18(2)14-20(4)28(22)35-31/h5-16H,1-4H3/q+2. The molecule has 2 aromatic heterocycles. The Labute approximate surface area is 222 Å². The average Bonchev–Trinajstić information content (AvgIpc) is 3.46. The topological polar surface area (TPSA) is 26.2 Å². The highest BCUT2D eigenvalue weighted by Gasteiger charge is 2.69. The lowest BCUT2D eigenvalue weighted by Crippen LogP contribution is -2.81. The Morgan fingerprint density at radius 3 is 1.49 bits per heavy atom. The third-order valence-corrected chi connectivity index (χ3v) is 9.69. The molecule has 0 radical (unpaired) electrons. The SMILES string of the molecule is Cc1cc(C)c2c(c1)-c1sc3ccccc3[n+]1C1(O2)Oc2c(C)cc(C)cc2-c2sc3ccccc3[n+]21. The van der Waals surface area contributed by atoms with Crippen molar-refractivity contribution in [1.82, 2.24) is 0 Å². The third kappa shape index (κ3) is 2.72. The maximum atomic E-state index is 7.19. The normalized spacial score (nSPS) is 14.6. The molecule has 180 valence electrons. The molecule has 6 heteroatoms. The first-order chi connectivity index (χ1) is 17.9. The molecule has 0 atom stereocenters. The van der Waals surface area contributed by atoms with E-state index >= 15 is 0 Å². The Bertz CT molecular complexity index is 1810. The van der Waals surface area contributed by atoms with Gasteiger partial charge in [0.05, 0.1) is 0 Å². The molecule has 0 amide bonds. The van der Waals surface area contributed by atoms with Gasteiger partial charge in [0.2, 0.25) is 11.0 Å². The van der Waals surface area contributed by atoms with E-state index in [1.807, 2.05) is 0 Å². The minimum absolute atomic E-state index is 0.874. The Kier molecular flexibility index (Phi) is 4.14. The summed E-state index contributed by atoms with van der Waals surface area (Å²) in [4.78, 5) is 0. The second kappa shape index (κ2) is 7.18. The van der Waals surface area contributed by atoms with Crippen LogP contribution in [-0.2, 0) is 6.03 Å². The fraction of sp³-hybridized carbons (Fsp3) is 0.161. The number of nitrogens with zero attached hydrogens (tertiary/aromatic N) is 2. The van der Waals surface area contributed by atoms with Crippen LogP contribution in [0.4, 0.5) is 0 Å². The zero-order chi connectivity index (χ0) is 25.1. The summed E-state index contributed by atoms with van der Waals surface area (Å²) >= 11 is 3.58. The van der Waals surface area contributed by atoms with Crippen LogP contribution >= 0.6 is 22.7 Å². The van der Waals surface area contributed by atoms with E-state index in [0.29, 0.717) is 0 Å². The molecular weight excluding hydrogens is 496 g/mol. The molecule has 0 aliphatic carbocycles. The zero-order valence-electron chi connectivity index (χ0n) is 21.0. The van der Waals surface area contributed by atoms with Gasteiger partial charge in [-0.2, -0.15) is 0 Å². The molecule has 0 unspecified atom stereocenters. The van der Waals surface area contributed by atoms with Gasteiger partial charge in [0, 0.05) is 12.1 Å². The predicted molar refractivity (Wildman–Crippen MR) is 148 cm³/mol. The number of hydrogen-bond donors (Lipinski definition) is 0. The van der Waals surface area contributed by atoms with Gasteiger partial charge in [-0.1, -0.05) is 59.1 Å². The smallest absolute Gasteiger partial charge is 0.339 e. The number of ether oxygens (including phenoxy) is 2. The number of hydrogen-bond acceptors (Lipinski definition) is 4. The van der Waals surface area contributed by atoms with Crippen LogP contribution in [0.5, 0.6) is 11.5 Å². The van der Waals surface area contributed by atoms with E-state index in [2.05, 4.69) is 110 Å². The van der Waals surface area contributed by atoms with Crippen molar-refractivity contribution >= 4 is 43.1 Å². The van der Waals surface area contributed by atoms with Crippen molar-refractivity contribution in [3.8, 4) is 32.6 Å². The van der Waals surface area contributed by atoms with E-state index in [4.69, 9.17) is 9.47 Å². The molecule has 8 rings (SSSR count). The van der Waals surface area contributed by atoms with Gasteiger partial charge in [0.25, 0.3) is 10.0 Å². The van der Waals surface area contributed by atoms with Crippen molar-refractivity contribution in [3.05, 3.63) is 95.1 Å². The number of para-hydroxylation sites is 2. The lowest BCUT2D eigenvalue weighted by molar-refractivity contribution is -1.04. The van der Waals surface area contributed by atoms with Crippen LogP contribution in [0.1, 0.15) is 22.3 Å². The molecule has 2 aliphatic heterocycles. The zero-order valence-corrected chi connectivity index (χ0v) is 22.6. The number of fused-ring (bicyclic) bond motifs is 12. The first-order valence-electron chi connectivity index (χ1n) is 12.4. The summed E-state index contributed by atoms with van der Waals surface area (Å²) in [7, 11) is 0. The largest absolute Gasteiger partial charge is 0.717 e. The van der Waals surface area contributed by atoms with Gasteiger partial charge in [0.15, 0.2) is 11.5 Å². The van der Waals surface area contributed by atoms with Gasteiger partial charge in [-0.15, -0.1) is 0 Å². The first-order valence-corrected chi connectivity index (χ1v) is 14.1. The predicted octanol–water partition coefficient (Wildman–Crippen LogP) is 7.16. The summed E-state index contributed by atoms with van der Waals surface area (Å²) < 4.78 is 21.3. The third-order valence-electron chi connectivity index (χ3n) is 7.37. The van der Waals surface area contributed by atoms with Gasteiger partial charge >= 0.3 is 6.03 Å². The molecular formula is C31H24N2O2S2+2. The summed E-state index contributed by atoms with van der Waals surface area (Å²) in [5.74, 6) is 1.75. The van der Waals surface area contributed by atoms with E-state index in [-0.39, 0.29) is 0 Å². The van der Waals surface area contributed by atoms with Gasteiger partial charge in [0.1, 0.15) is 20.5 Å².